The molecule has 1 fully saturated rings. The summed E-state index contributed by atoms with van der Waals surface area (Å²) in [5, 5.41) is 6.65. The molecule has 1 aliphatic rings. The first-order valence-corrected chi connectivity index (χ1v) is 9.69. The molecule has 1 amide bonds. The molecule has 0 saturated carbocycles. The highest BCUT2D eigenvalue weighted by Crippen LogP contribution is 2.17. The Morgan fingerprint density at radius 2 is 2.15 bits per heavy atom. The standard InChI is InChI=1S/C18H27BrN4O3/c1-3-25-18(24)23-10-7-15(8-11-23)22-17(20-2)21-9-12-26-16-6-4-5-14(19)13-16/h4-6,13,15H,3,7-12H2,1-2H3,(H2,20,21,22). The number of guanidine groups is 1. The fourth-order valence-electron chi connectivity index (χ4n) is 2.70. The molecule has 2 N–H and O–H groups in total. The number of nitrogens with one attached hydrogen (secondary N) is 2. The maximum atomic E-state index is 11.7. The number of aliphatic imine (C=N–C) groups is 1. The smallest absolute Gasteiger partial charge is 0.409 e. The van der Waals surface area contributed by atoms with Gasteiger partial charge in [-0.25, -0.2) is 4.79 Å². The van der Waals surface area contributed by atoms with Crippen LogP contribution >= 0.6 is 15.9 Å². The summed E-state index contributed by atoms with van der Waals surface area (Å²) in [4.78, 5) is 17.7. The number of rotatable bonds is 6. The van der Waals surface area contributed by atoms with Gasteiger partial charge < -0.3 is 25.0 Å². The van der Waals surface area contributed by atoms with Gasteiger partial charge in [0.1, 0.15) is 12.4 Å². The van der Waals surface area contributed by atoms with Gasteiger partial charge in [-0.2, -0.15) is 0 Å². The maximum Gasteiger partial charge on any atom is 0.409 e. The maximum absolute atomic E-state index is 11.7. The van der Waals surface area contributed by atoms with Crippen molar-refractivity contribution in [3.05, 3.63) is 28.7 Å². The lowest BCUT2D eigenvalue weighted by molar-refractivity contribution is 0.0963. The third-order valence-electron chi connectivity index (χ3n) is 4.04. The van der Waals surface area contributed by atoms with E-state index in [-0.39, 0.29) is 12.1 Å². The van der Waals surface area contributed by atoms with Gasteiger partial charge in [0.25, 0.3) is 0 Å². The molecule has 1 saturated heterocycles. The molecule has 26 heavy (non-hydrogen) atoms. The Hall–Kier alpha value is -1.96. The Morgan fingerprint density at radius 3 is 2.81 bits per heavy atom. The van der Waals surface area contributed by atoms with Gasteiger partial charge in [-0.3, -0.25) is 4.99 Å². The predicted octanol–water partition coefficient (Wildman–Crippen LogP) is 2.61. The lowest BCUT2D eigenvalue weighted by Crippen LogP contribution is -2.50. The summed E-state index contributed by atoms with van der Waals surface area (Å²) < 4.78 is 11.7. The van der Waals surface area contributed by atoms with Crippen LogP contribution in [0.25, 0.3) is 0 Å². The summed E-state index contributed by atoms with van der Waals surface area (Å²) in [6.07, 6.45) is 1.51. The van der Waals surface area contributed by atoms with Gasteiger partial charge in [-0.1, -0.05) is 22.0 Å². The Bertz CT molecular complexity index is 604. The monoisotopic (exact) mass is 426 g/mol. The van der Waals surface area contributed by atoms with E-state index in [4.69, 9.17) is 9.47 Å². The largest absolute Gasteiger partial charge is 0.492 e. The molecule has 1 aromatic carbocycles. The highest BCUT2D eigenvalue weighted by Gasteiger charge is 2.23. The topological polar surface area (TPSA) is 75.2 Å². The highest BCUT2D eigenvalue weighted by molar-refractivity contribution is 9.10. The number of hydrogen-bond acceptors (Lipinski definition) is 4. The first-order valence-electron chi connectivity index (χ1n) is 8.89. The molecule has 2 rings (SSSR count). The molecule has 0 atom stereocenters. The molecule has 0 spiro atoms. The van der Waals surface area contributed by atoms with E-state index in [1.807, 2.05) is 31.2 Å². The van der Waals surface area contributed by atoms with Crippen molar-refractivity contribution in [1.82, 2.24) is 15.5 Å². The number of nitrogens with zero attached hydrogens (tertiary/aromatic N) is 2. The molecule has 0 bridgehead atoms. The SMILES string of the molecule is CCOC(=O)N1CCC(NC(=NC)NCCOc2cccc(Br)c2)CC1. The summed E-state index contributed by atoms with van der Waals surface area (Å²) in [5.41, 5.74) is 0. The van der Waals surface area contributed by atoms with Crippen molar-refractivity contribution in [3.63, 3.8) is 0 Å². The average molecular weight is 427 g/mol. The van der Waals surface area contributed by atoms with E-state index in [2.05, 4.69) is 31.6 Å². The molecule has 8 heteroatoms. The van der Waals surface area contributed by atoms with Gasteiger partial charge in [0.15, 0.2) is 5.96 Å². The van der Waals surface area contributed by atoms with Crippen molar-refractivity contribution in [2.45, 2.75) is 25.8 Å². The van der Waals surface area contributed by atoms with E-state index in [0.29, 0.717) is 32.8 Å². The summed E-state index contributed by atoms with van der Waals surface area (Å²) in [6.45, 7) is 4.81. The zero-order chi connectivity index (χ0) is 18.8. The number of likely N-dealkylation sites (tertiary alicyclic amines) is 1. The fourth-order valence-corrected chi connectivity index (χ4v) is 3.08. The van der Waals surface area contributed by atoms with Crippen molar-refractivity contribution in [1.29, 1.82) is 0 Å². The van der Waals surface area contributed by atoms with Crippen LogP contribution in [0.4, 0.5) is 4.79 Å². The van der Waals surface area contributed by atoms with Crippen LogP contribution in [0.1, 0.15) is 19.8 Å². The lowest BCUT2D eigenvalue weighted by Gasteiger charge is -2.32. The van der Waals surface area contributed by atoms with Crippen LogP contribution in [0.2, 0.25) is 0 Å². The molecular weight excluding hydrogens is 400 g/mol. The molecular formula is C18H27BrN4O3. The van der Waals surface area contributed by atoms with Crippen molar-refractivity contribution in [2.75, 3.05) is 39.9 Å². The molecule has 0 aromatic heterocycles. The van der Waals surface area contributed by atoms with Crippen LogP contribution in [-0.2, 0) is 4.74 Å². The minimum absolute atomic E-state index is 0.224. The Morgan fingerprint density at radius 1 is 1.38 bits per heavy atom. The average Bonchev–Trinajstić information content (AvgIpc) is 2.65. The van der Waals surface area contributed by atoms with Crippen LogP contribution in [-0.4, -0.2) is 62.9 Å². The molecule has 0 unspecified atom stereocenters. The van der Waals surface area contributed by atoms with Crippen molar-refractivity contribution in [2.24, 2.45) is 4.99 Å². The van der Waals surface area contributed by atoms with Gasteiger partial charge in [0.2, 0.25) is 0 Å². The van der Waals surface area contributed by atoms with Crippen LogP contribution in [0.3, 0.4) is 0 Å². The number of piperidine rings is 1. The number of amides is 1. The second-order valence-electron chi connectivity index (χ2n) is 5.91. The second-order valence-corrected chi connectivity index (χ2v) is 6.83. The van der Waals surface area contributed by atoms with Gasteiger partial charge in [0.05, 0.1) is 13.2 Å². The van der Waals surface area contributed by atoms with Crippen molar-refractivity contribution < 1.29 is 14.3 Å². The molecule has 7 nitrogen and oxygen atoms in total. The van der Waals surface area contributed by atoms with Crippen molar-refractivity contribution >= 4 is 28.0 Å². The lowest BCUT2D eigenvalue weighted by atomic mass is 10.1. The normalized spacial score (nSPS) is 15.5. The molecule has 1 aliphatic heterocycles. The molecule has 144 valence electrons. The zero-order valence-corrected chi connectivity index (χ0v) is 16.9. The van der Waals surface area contributed by atoms with E-state index >= 15 is 0 Å². The number of hydrogen-bond donors (Lipinski definition) is 2. The van der Waals surface area contributed by atoms with E-state index in [1.54, 1.807) is 11.9 Å². The Balaban J connectivity index is 1.66. The summed E-state index contributed by atoms with van der Waals surface area (Å²) in [7, 11) is 1.75. The van der Waals surface area contributed by atoms with E-state index in [9.17, 15) is 4.79 Å². The number of carbonyl (C=O) groups excluding carboxylic acids is 1. The van der Waals surface area contributed by atoms with E-state index in [1.165, 1.54) is 0 Å². The number of ether oxygens (including phenoxy) is 2. The predicted molar refractivity (Wildman–Crippen MR) is 106 cm³/mol. The van der Waals surface area contributed by atoms with Gasteiger partial charge in [-0.15, -0.1) is 0 Å². The van der Waals surface area contributed by atoms with E-state index < -0.39 is 0 Å². The highest BCUT2D eigenvalue weighted by atomic mass is 79.9. The quantitative estimate of drug-likeness (QED) is 0.415. The van der Waals surface area contributed by atoms with Crippen molar-refractivity contribution in [3.8, 4) is 5.75 Å². The van der Waals surface area contributed by atoms with Gasteiger partial charge in [0, 0.05) is 30.7 Å². The first kappa shape index (κ1) is 20.4. The van der Waals surface area contributed by atoms with Gasteiger partial charge >= 0.3 is 6.09 Å². The minimum atomic E-state index is -0.224. The number of carbonyl (C=O) groups is 1. The fraction of sp³-hybridized carbons (Fsp3) is 0.556. The summed E-state index contributed by atoms with van der Waals surface area (Å²) in [6, 6.07) is 8.05. The zero-order valence-electron chi connectivity index (χ0n) is 15.3. The Labute approximate surface area is 163 Å². The van der Waals surface area contributed by atoms with Gasteiger partial charge in [-0.05, 0) is 38.0 Å². The summed E-state index contributed by atoms with van der Waals surface area (Å²) in [5.74, 6) is 1.58. The molecule has 1 heterocycles. The Kier molecular flexibility index (Phi) is 8.53. The van der Waals surface area contributed by atoms with E-state index in [0.717, 1.165) is 29.0 Å². The molecule has 0 radical (unpaired) electrons. The summed E-state index contributed by atoms with van der Waals surface area (Å²) >= 11 is 3.43. The minimum Gasteiger partial charge on any atom is -0.492 e. The third-order valence-corrected chi connectivity index (χ3v) is 4.54. The third kappa shape index (κ3) is 6.74. The molecule has 1 aromatic rings. The van der Waals surface area contributed by atoms with Crippen LogP contribution in [0, 0.1) is 0 Å². The molecule has 0 aliphatic carbocycles. The van der Waals surface area contributed by atoms with Crippen LogP contribution in [0.15, 0.2) is 33.7 Å². The number of benzene rings is 1. The van der Waals surface area contributed by atoms with Crippen LogP contribution in [0.5, 0.6) is 5.75 Å². The van der Waals surface area contributed by atoms with Crippen LogP contribution < -0.4 is 15.4 Å². The first-order chi connectivity index (χ1) is 12.6. The number of halogens is 1. The second kappa shape index (κ2) is 10.9.